The van der Waals surface area contributed by atoms with Gasteiger partial charge in [-0.05, 0) is 30.3 Å². The molecule has 29 heavy (non-hydrogen) atoms. The van der Waals surface area contributed by atoms with Crippen molar-refractivity contribution in [1.82, 2.24) is 14.1 Å². The Balaban J connectivity index is 1.75. The Morgan fingerprint density at radius 3 is 2.17 bits per heavy atom. The van der Waals surface area contributed by atoms with Crippen LogP contribution in [0.1, 0.15) is 20.9 Å². The molecule has 0 saturated carbocycles. The van der Waals surface area contributed by atoms with Crippen LogP contribution in [0.25, 0.3) is 0 Å². The number of piperazine rings is 1. The summed E-state index contributed by atoms with van der Waals surface area (Å²) < 4.78 is 36.5. The Labute approximate surface area is 169 Å². The number of sulfonamides is 1. The second kappa shape index (κ2) is 8.26. The number of benzene rings is 1. The maximum absolute atomic E-state index is 12.9. The smallest absolute Gasteiger partial charge is 0.289 e. The molecule has 0 aliphatic carbocycles. The average Bonchev–Trinajstić information content (AvgIpc) is 3.27. The summed E-state index contributed by atoms with van der Waals surface area (Å²) in [6.45, 7) is 1.41. The molecule has 9 nitrogen and oxygen atoms in total. The van der Waals surface area contributed by atoms with Gasteiger partial charge < -0.3 is 19.0 Å². The van der Waals surface area contributed by atoms with Gasteiger partial charge in [0, 0.05) is 45.8 Å². The van der Waals surface area contributed by atoms with Gasteiger partial charge in [0.25, 0.3) is 11.8 Å². The molecule has 3 rings (SSSR count). The number of ether oxygens (including phenoxy) is 1. The van der Waals surface area contributed by atoms with Crippen LogP contribution < -0.4 is 4.74 Å². The number of amides is 2. The number of carbonyl (C=O) groups excluding carboxylic acids is 2. The lowest BCUT2D eigenvalue weighted by Crippen LogP contribution is -2.50. The average molecular weight is 421 g/mol. The Morgan fingerprint density at radius 1 is 1.03 bits per heavy atom. The van der Waals surface area contributed by atoms with Crippen LogP contribution in [0.2, 0.25) is 0 Å². The fraction of sp³-hybridized carbons (Fsp3) is 0.368. The predicted molar refractivity (Wildman–Crippen MR) is 104 cm³/mol. The van der Waals surface area contributed by atoms with E-state index < -0.39 is 10.0 Å². The summed E-state index contributed by atoms with van der Waals surface area (Å²) in [4.78, 5) is 28.4. The molecule has 1 saturated heterocycles. The lowest BCUT2D eigenvalue weighted by atomic mass is 10.1. The van der Waals surface area contributed by atoms with Crippen molar-refractivity contribution in [1.29, 1.82) is 0 Å². The van der Waals surface area contributed by atoms with Crippen molar-refractivity contribution >= 4 is 21.8 Å². The van der Waals surface area contributed by atoms with Crippen molar-refractivity contribution in [3.8, 4) is 5.75 Å². The van der Waals surface area contributed by atoms with E-state index in [1.54, 1.807) is 21.9 Å². The SMILES string of the molecule is COc1ccc(C(=O)N2CCN(C(=O)c3ccco3)CC2)cc1S(=O)(=O)N(C)C. The van der Waals surface area contributed by atoms with Crippen molar-refractivity contribution < 1.29 is 27.2 Å². The molecular weight excluding hydrogens is 398 g/mol. The molecule has 0 unspecified atom stereocenters. The molecule has 0 radical (unpaired) electrons. The van der Waals surface area contributed by atoms with Gasteiger partial charge in [0.15, 0.2) is 5.76 Å². The molecule has 1 aromatic carbocycles. The Kier molecular flexibility index (Phi) is 5.94. The highest BCUT2D eigenvalue weighted by atomic mass is 32.2. The molecule has 0 bridgehead atoms. The van der Waals surface area contributed by atoms with E-state index in [4.69, 9.17) is 9.15 Å². The molecule has 0 atom stereocenters. The van der Waals surface area contributed by atoms with E-state index in [-0.39, 0.29) is 33.8 Å². The van der Waals surface area contributed by atoms with E-state index in [1.165, 1.54) is 45.7 Å². The quantitative estimate of drug-likeness (QED) is 0.718. The molecule has 1 aliphatic heterocycles. The van der Waals surface area contributed by atoms with Crippen LogP contribution in [0.4, 0.5) is 0 Å². The normalized spacial score (nSPS) is 14.9. The van der Waals surface area contributed by atoms with Gasteiger partial charge in [-0.3, -0.25) is 9.59 Å². The Bertz CT molecular complexity index is 993. The van der Waals surface area contributed by atoms with Gasteiger partial charge in [0.1, 0.15) is 10.6 Å². The fourth-order valence-corrected chi connectivity index (χ4v) is 4.13. The summed E-state index contributed by atoms with van der Waals surface area (Å²) in [7, 11) is 0.429. The van der Waals surface area contributed by atoms with Crippen molar-refractivity contribution in [2.75, 3.05) is 47.4 Å². The number of carbonyl (C=O) groups is 2. The molecule has 156 valence electrons. The minimum absolute atomic E-state index is 0.0671. The maximum Gasteiger partial charge on any atom is 0.289 e. The standard InChI is InChI=1S/C19H23N3O6S/c1-20(2)29(25,26)17-13-14(6-7-15(17)27-3)18(23)21-8-10-22(11-9-21)19(24)16-5-4-12-28-16/h4-7,12-13H,8-11H2,1-3H3. The van der Waals surface area contributed by atoms with Gasteiger partial charge in [0.2, 0.25) is 10.0 Å². The van der Waals surface area contributed by atoms with Crippen molar-refractivity contribution in [3.63, 3.8) is 0 Å². The predicted octanol–water partition coefficient (Wildman–Crippen LogP) is 1.14. The first-order valence-corrected chi connectivity index (χ1v) is 10.4. The van der Waals surface area contributed by atoms with Crippen LogP contribution in [0.3, 0.4) is 0 Å². The molecule has 1 aromatic heterocycles. The summed E-state index contributed by atoms with van der Waals surface area (Å²) >= 11 is 0. The van der Waals surface area contributed by atoms with Crippen molar-refractivity contribution in [2.45, 2.75) is 4.90 Å². The first kappa shape index (κ1) is 20.9. The van der Waals surface area contributed by atoms with Crippen LogP contribution in [-0.4, -0.2) is 81.7 Å². The van der Waals surface area contributed by atoms with Gasteiger partial charge in [-0.25, -0.2) is 12.7 Å². The number of hydrogen-bond donors (Lipinski definition) is 0. The van der Waals surface area contributed by atoms with Gasteiger partial charge in [-0.15, -0.1) is 0 Å². The van der Waals surface area contributed by atoms with Crippen LogP contribution in [-0.2, 0) is 10.0 Å². The summed E-state index contributed by atoms with van der Waals surface area (Å²) in [5.74, 6) is -0.0820. The van der Waals surface area contributed by atoms with E-state index in [0.29, 0.717) is 26.2 Å². The van der Waals surface area contributed by atoms with Crippen LogP contribution in [0.15, 0.2) is 45.9 Å². The highest BCUT2D eigenvalue weighted by Gasteiger charge is 2.29. The van der Waals surface area contributed by atoms with Gasteiger partial charge in [-0.2, -0.15) is 0 Å². The fourth-order valence-electron chi connectivity index (χ4n) is 3.06. The second-order valence-electron chi connectivity index (χ2n) is 6.71. The van der Waals surface area contributed by atoms with E-state index in [0.717, 1.165) is 4.31 Å². The summed E-state index contributed by atoms with van der Waals surface area (Å²) in [5.41, 5.74) is 0.247. The molecule has 10 heteroatoms. The van der Waals surface area contributed by atoms with Crippen LogP contribution >= 0.6 is 0 Å². The molecule has 2 heterocycles. The largest absolute Gasteiger partial charge is 0.495 e. The highest BCUT2D eigenvalue weighted by Crippen LogP contribution is 2.27. The number of methoxy groups -OCH3 is 1. The molecule has 0 spiro atoms. The summed E-state index contributed by atoms with van der Waals surface area (Å²) in [5, 5.41) is 0. The molecule has 2 aromatic rings. The number of furan rings is 1. The lowest BCUT2D eigenvalue weighted by molar-refractivity contribution is 0.0518. The lowest BCUT2D eigenvalue weighted by Gasteiger charge is -2.34. The van der Waals surface area contributed by atoms with E-state index >= 15 is 0 Å². The first-order chi connectivity index (χ1) is 13.8. The highest BCUT2D eigenvalue weighted by molar-refractivity contribution is 7.89. The summed E-state index contributed by atoms with van der Waals surface area (Å²) in [6, 6.07) is 7.59. The zero-order valence-corrected chi connectivity index (χ0v) is 17.3. The summed E-state index contributed by atoms with van der Waals surface area (Å²) in [6.07, 6.45) is 1.44. The van der Waals surface area contributed by atoms with Gasteiger partial charge >= 0.3 is 0 Å². The third-order valence-electron chi connectivity index (χ3n) is 4.76. The third kappa shape index (κ3) is 4.13. The molecule has 2 amide bonds. The second-order valence-corrected chi connectivity index (χ2v) is 8.84. The van der Waals surface area contributed by atoms with Crippen LogP contribution in [0.5, 0.6) is 5.75 Å². The van der Waals surface area contributed by atoms with Crippen molar-refractivity contribution in [2.24, 2.45) is 0 Å². The minimum Gasteiger partial charge on any atom is -0.495 e. The minimum atomic E-state index is -3.78. The van der Waals surface area contributed by atoms with Crippen molar-refractivity contribution in [3.05, 3.63) is 47.9 Å². The third-order valence-corrected chi connectivity index (χ3v) is 6.59. The number of hydrogen-bond acceptors (Lipinski definition) is 6. The topological polar surface area (TPSA) is 100 Å². The zero-order valence-electron chi connectivity index (χ0n) is 16.5. The first-order valence-electron chi connectivity index (χ1n) is 8.98. The monoisotopic (exact) mass is 421 g/mol. The van der Waals surface area contributed by atoms with Crippen LogP contribution in [0, 0.1) is 0 Å². The van der Waals surface area contributed by atoms with E-state index in [1.807, 2.05) is 0 Å². The van der Waals surface area contributed by atoms with Gasteiger partial charge in [0.05, 0.1) is 13.4 Å². The number of rotatable bonds is 5. The molecule has 1 aliphatic rings. The Morgan fingerprint density at radius 2 is 1.66 bits per heavy atom. The van der Waals surface area contributed by atoms with E-state index in [2.05, 4.69) is 0 Å². The zero-order chi connectivity index (χ0) is 21.2. The molecule has 0 N–H and O–H groups in total. The van der Waals surface area contributed by atoms with Gasteiger partial charge in [-0.1, -0.05) is 0 Å². The molecular formula is C19H23N3O6S. The Hall–Kier alpha value is -2.85. The van der Waals surface area contributed by atoms with E-state index in [9.17, 15) is 18.0 Å². The maximum atomic E-state index is 12.9. The number of nitrogens with zero attached hydrogens (tertiary/aromatic N) is 3. The molecule has 1 fully saturated rings.